The Morgan fingerprint density at radius 3 is 2.58 bits per heavy atom. The first-order valence-corrected chi connectivity index (χ1v) is 8.55. The van der Waals surface area contributed by atoms with Crippen LogP contribution in [0.5, 0.6) is 11.5 Å². The molecule has 26 heavy (non-hydrogen) atoms. The van der Waals surface area contributed by atoms with Crippen molar-refractivity contribution in [1.29, 1.82) is 0 Å². The van der Waals surface area contributed by atoms with Gasteiger partial charge in [-0.15, -0.1) is 0 Å². The number of rotatable bonds is 8. The van der Waals surface area contributed by atoms with Crippen LogP contribution in [0.3, 0.4) is 0 Å². The van der Waals surface area contributed by atoms with Crippen molar-refractivity contribution in [3.05, 3.63) is 65.0 Å². The van der Waals surface area contributed by atoms with Crippen LogP contribution in [0.4, 0.5) is 0 Å². The Kier molecular flexibility index (Phi) is 7.21. The van der Waals surface area contributed by atoms with Gasteiger partial charge in [0.05, 0.1) is 5.71 Å². The highest BCUT2D eigenvalue weighted by atomic mass is 16.6. The Bertz CT molecular complexity index is 775. The van der Waals surface area contributed by atoms with Gasteiger partial charge in [0.2, 0.25) is 0 Å². The minimum absolute atomic E-state index is 0.425. The van der Waals surface area contributed by atoms with Crippen LogP contribution in [-0.4, -0.2) is 24.4 Å². The lowest BCUT2D eigenvalue weighted by Crippen LogP contribution is -2.07. The molecule has 0 unspecified atom stereocenters. The van der Waals surface area contributed by atoms with Crippen LogP contribution >= 0.6 is 0 Å². The summed E-state index contributed by atoms with van der Waals surface area (Å²) in [5.74, 6) is 1.71. The third kappa shape index (κ3) is 5.09. The first kappa shape index (κ1) is 19.5. The van der Waals surface area contributed by atoms with E-state index in [1.807, 2.05) is 58.0 Å². The van der Waals surface area contributed by atoms with Gasteiger partial charge in [0.15, 0.2) is 0 Å². The summed E-state index contributed by atoms with van der Waals surface area (Å²) >= 11 is 0. The molecule has 2 rings (SSSR count). The Balaban J connectivity index is 2.16. The Morgan fingerprint density at radius 2 is 1.92 bits per heavy atom. The lowest BCUT2D eigenvalue weighted by Gasteiger charge is -2.15. The number of hydrogen-bond donors (Lipinski definition) is 0. The average molecular weight is 354 g/mol. The van der Waals surface area contributed by atoms with Gasteiger partial charge in [0.1, 0.15) is 31.8 Å². The zero-order chi connectivity index (χ0) is 18.9. The molecule has 0 saturated carbocycles. The van der Waals surface area contributed by atoms with Crippen molar-refractivity contribution in [2.24, 2.45) is 5.16 Å². The van der Waals surface area contributed by atoms with Gasteiger partial charge in [-0.25, -0.2) is 0 Å². The molecular weight excluding hydrogens is 328 g/mol. The summed E-state index contributed by atoms with van der Waals surface area (Å²) in [5, 5.41) is 3.99. The van der Waals surface area contributed by atoms with Crippen LogP contribution < -0.4 is 9.47 Å². The molecule has 1 aromatic heterocycles. The SMILES string of the molecule is C/C=C/COc1cc(C)c(OCc2ccncc2/C(C)=N\OC)c(C)c1. The molecule has 0 bridgehead atoms. The molecule has 5 nitrogen and oxygen atoms in total. The van der Waals surface area contributed by atoms with Crippen molar-refractivity contribution in [2.75, 3.05) is 13.7 Å². The van der Waals surface area contributed by atoms with Gasteiger partial charge in [0.25, 0.3) is 0 Å². The summed E-state index contributed by atoms with van der Waals surface area (Å²) in [6.45, 7) is 8.90. The number of pyridine rings is 1. The van der Waals surface area contributed by atoms with Gasteiger partial charge in [-0.2, -0.15) is 0 Å². The number of aryl methyl sites for hydroxylation is 2. The lowest BCUT2D eigenvalue weighted by molar-refractivity contribution is 0.213. The van der Waals surface area contributed by atoms with Gasteiger partial charge in [0, 0.05) is 23.5 Å². The van der Waals surface area contributed by atoms with E-state index in [1.54, 1.807) is 12.4 Å². The van der Waals surface area contributed by atoms with Crippen molar-refractivity contribution in [3.63, 3.8) is 0 Å². The monoisotopic (exact) mass is 354 g/mol. The molecule has 0 saturated heterocycles. The third-order valence-electron chi connectivity index (χ3n) is 3.92. The van der Waals surface area contributed by atoms with Crippen molar-refractivity contribution >= 4 is 5.71 Å². The summed E-state index contributed by atoms with van der Waals surface area (Å²) in [5.41, 5.74) is 4.76. The minimum atomic E-state index is 0.425. The molecule has 0 atom stereocenters. The van der Waals surface area contributed by atoms with Crippen LogP contribution in [0.1, 0.15) is 36.1 Å². The quantitative estimate of drug-likeness (QED) is 0.395. The second-order valence-corrected chi connectivity index (χ2v) is 5.95. The highest BCUT2D eigenvalue weighted by molar-refractivity contribution is 5.99. The van der Waals surface area contributed by atoms with Gasteiger partial charge in [-0.1, -0.05) is 17.3 Å². The van der Waals surface area contributed by atoms with Crippen LogP contribution in [0.25, 0.3) is 0 Å². The van der Waals surface area contributed by atoms with Gasteiger partial charge < -0.3 is 14.3 Å². The van der Waals surface area contributed by atoms with Gasteiger partial charge in [-0.3, -0.25) is 4.98 Å². The summed E-state index contributed by atoms with van der Waals surface area (Å²) < 4.78 is 11.8. The van der Waals surface area contributed by atoms with E-state index >= 15 is 0 Å². The Labute approximate surface area is 155 Å². The fraction of sp³-hybridized carbons (Fsp3) is 0.333. The molecule has 0 aliphatic heterocycles. The summed E-state index contributed by atoms with van der Waals surface area (Å²) in [6, 6.07) is 5.93. The number of oxime groups is 1. The van der Waals surface area contributed by atoms with Crippen LogP contribution in [0, 0.1) is 13.8 Å². The number of allylic oxidation sites excluding steroid dienone is 1. The molecule has 5 heteroatoms. The highest BCUT2D eigenvalue weighted by Gasteiger charge is 2.11. The smallest absolute Gasteiger partial charge is 0.125 e. The van der Waals surface area contributed by atoms with Crippen molar-refractivity contribution in [3.8, 4) is 11.5 Å². The van der Waals surface area contributed by atoms with E-state index in [1.165, 1.54) is 7.11 Å². The molecule has 0 N–H and O–H groups in total. The molecule has 1 aromatic carbocycles. The number of benzene rings is 1. The predicted octanol–water partition coefficient (Wildman–Crippen LogP) is 4.60. The van der Waals surface area contributed by atoms with Crippen molar-refractivity contribution in [2.45, 2.75) is 34.3 Å². The first-order chi connectivity index (χ1) is 12.6. The topological polar surface area (TPSA) is 52.9 Å². The van der Waals surface area contributed by atoms with Gasteiger partial charge in [-0.05, 0) is 57.0 Å². The third-order valence-corrected chi connectivity index (χ3v) is 3.92. The highest BCUT2D eigenvalue weighted by Crippen LogP contribution is 2.29. The van der Waals surface area contributed by atoms with E-state index in [0.717, 1.165) is 39.5 Å². The maximum Gasteiger partial charge on any atom is 0.125 e. The van der Waals surface area contributed by atoms with Crippen LogP contribution in [0.2, 0.25) is 0 Å². The van der Waals surface area contributed by atoms with E-state index in [-0.39, 0.29) is 0 Å². The fourth-order valence-corrected chi connectivity index (χ4v) is 2.67. The number of ether oxygens (including phenoxy) is 2. The maximum atomic E-state index is 6.11. The van der Waals surface area contributed by atoms with E-state index in [0.29, 0.717) is 13.2 Å². The molecule has 0 fully saturated rings. The largest absolute Gasteiger partial charge is 0.490 e. The molecule has 0 aliphatic carbocycles. The first-order valence-electron chi connectivity index (χ1n) is 8.55. The van der Waals surface area contributed by atoms with E-state index in [9.17, 15) is 0 Å². The Hall–Kier alpha value is -2.82. The number of aromatic nitrogens is 1. The maximum absolute atomic E-state index is 6.11. The van der Waals surface area contributed by atoms with Gasteiger partial charge >= 0.3 is 0 Å². The molecule has 2 aromatic rings. The molecule has 138 valence electrons. The number of nitrogens with zero attached hydrogens (tertiary/aromatic N) is 2. The predicted molar refractivity (Wildman–Crippen MR) is 104 cm³/mol. The fourth-order valence-electron chi connectivity index (χ4n) is 2.67. The molecule has 0 aliphatic rings. The molecule has 1 heterocycles. The second-order valence-electron chi connectivity index (χ2n) is 5.95. The summed E-state index contributed by atoms with van der Waals surface area (Å²) in [6.07, 6.45) is 7.47. The van der Waals surface area contributed by atoms with E-state index in [4.69, 9.17) is 14.3 Å². The molecular formula is C21H26N2O3. The van der Waals surface area contributed by atoms with Crippen molar-refractivity contribution < 1.29 is 14.3 Å². The van der Waals surface area contributed by atoms with Crippen LogP contribution in [0.15, 0.2) is 47.9 Å². The van der Waals surface area contributed by atoms with Crippen molar-refractivity contribution in [1.82, 2.24) is 4.98 Å². The van der Waals surface area contributed by atoms with E-state index in [2.05, 4.69) is 10.1 Å². The minimum Gasteiger partial charge on any atom is -0.490 e. The standard InChI is InChI=1S/C21H26N2O3/c1-6-7-10-25-19-11-15(2)21(16(3)12-19)26-14-18-8-9-22-13-20(18)17(4)23-24-5/h6-9,11-13H,10,14H2,1-5H3/b7-6+,23-17-. The lowest BCUT2D eigenvalue weighted by atomic mass is 10.1. The molecule has 0 amide bonds. The zero-order valence-corrected chi connectivity index (χ0v) is 16.1. The average Bonchev–Trinajstić information content (AvgIpc) is 2.62. The molecule has 0 spiro atoms. The summed E-state index contributed by atoms with van der Waals surface area (Å²) in [4.78, 5) is 9.04. The molecule has 0 radical (unpaired) electrons. The normalized spacial score (nSPS) is 11.7. The Morgan fingerprint density at radius 1 is 1.19 bits per heavy atom. The number of hydrogen-bond acceptors (Lipinski definition) is 5. The zero-order valence-electron chi connectivity index (χ0n) is 16.1. The summed E-state index contributed by atoms with van der Waals surface area (Å²) in [7, 11) is 1.53. The van der Waals surface area contributed by atoms with E-state index < -0.39 is 0 Å². The second kappa shape index (κ2) is 9.61. The van der Waals surface area contributed by atoms with Crippen LogP contribution in [-0.2, 0) is 11.4 Å².